The SMILES string of the molecule is CCOC(=O)C1CN(c2ccc(C)cc2C)CC1=O. The number of hydrogen-bond acceptors (Lipinski definition) is 4. The molecule has 1 aromatic carbocycles. The molecule has 0 aromatic heterocycles. The van der Waals surface area contributed by atoms with Gasteiger partial charge < -0.3 is 9.64 Å². The Morgan fingerprint density at radius 1 is 1.42 bits per heavy atom. The number of carbonyl (C=O) groups excluding carboxylic acids is 2. The summed E-state index contributed by atoms with van der Waals surface area (Å²) in [5, 5.41) is 0. The Bertz CT molecular complexity index is 510. The molecule has 0 bridgehead atoms. The Hall–Kier alpha value is -1.84. The molecule has 1 heterocycles. The van der Waals surface area contributed by atoms with E-state index in [0.29, 0.717) is 13.2 Å². The monoisotopic (exact) mass is 261 g/mol. The molecule has 1 aromatic rings. The molecule has 1 saturated heterocycles. The fraction of sp³-hybridized carbons (Fsp3) is 0.467. The predicted octanol–water partition coefficient (Wildman–Crippen LogP) is 1.87. The van der Waals surface area contributed by atoms with Crippen molar-refractivity contribution in [3.05, 3.63) is 29.3 Å². The van der Waals surface area contributed by atoms with Crippen LogP contribution in [0.1, 0.15) is 18.1 Å². The lowest BCUT2D eigenvalue weighted by atomic mass is 10.1. The maximum atomic E-state index is 11.9. The third-order valence-corrected chi connectivity index (χ3v) is 3.40. The zero-order valence-electron chi connectivity index (χ0n) is 11.6. The lowest BCUT2D eigenvalue weighted by Crippen LogP contribution is -2.26. The summed E-state index contributed by atoms with van der Waals surface area (Å²) in [6.07, 6.45) is 0. The van der Waals surface area contributed by atoms with Gasteiger partial charge in [-0.15, -0.1) is 0 Å². The molecule has 1 aliphatic heterocycles. The standard InChI is InChI=1S/C15H19NO3/c1-4-19-15(18)12-8-16(9-14(12)17)13-6-5-10(2)7-11(13)3/h5-7,12H,4,8-9H2,1-3H3. The van der Waals surface area contributed by atoms with Crippen molar-refractivity contribution >= 4 is 17.4 Å². The molecule has 1 atom stereocenters. The smallest absolute Gasteiger partial charge is 0.318 e. The molecule has 0 radical (unpaired) electrons. The number of hydrogen-bond donors (Lipinski definition) is 0. The van der Waals surface area contributed by atoms with Gasteiger partial charge in [-0.2, -0.15) is 0 Å². The van der Waals surface area contributed by atoms with Gasteiger partial charge in [0, 0.05) is 12.2 Å². The Labute approximate surface area is 113 Å². The zero-order valence-corrected chi connectivity index (χ0v) is 11.6. The molecule has 1 fully saturated rings. The van der Waals surface area contributed by atoms with Crippen LogP contribution in [0.15, 0.2) is 18.2 Å². The fourth-order valence-corrected chi connectivity index (χ4v) is 2.48. The van der Waals surface area contributed by atoms with Crippen LogP contribution in [0.5, 0.6) is 0 Å². The van der Waals surface area contributed by atoms with Gasteiger partial charge in [-0.3, -0.25) is 9.59 Å². The Morgan fingerprint density at radius 3 is 2.79 bits per heavy atom. The summed E-state index contributed by atoms with van der Waals surface area (Å²) in [6.45, 7) is 6.82. The highest BCUT2D eigenvalue weighted by atomic mass is 16.5. The minimum absolute atomic E-state index is 0.0570. The van der Waals surface area contributed by atoms with Gasteiger partial charge in [0.05, 0.1) is 13.2 Å². The Kier molecular flexibility index (Phi) is 3.88. The number of ether oxygens (including phenoxy) is 1. The maximum absolute atomic E-state index is 11.9. The number of Topliss-reactive ketones (excluding diaryl/α,β-unsaturated/α-hetero) is 1. The van der Waals surface area contributed by atoms with E-state index in [0.717, 1.165) is 11.3 Å². The van der Waals surface area contributed by atoms with Crippen LogP contribution in [-0.4, -0.2) is 31.4 Å². The number of aryl methyl sites for hydroxylation is 2. The first-order valence-electron chi connectivity index (χ1n) is 6.54. The molecule has 102 valence electrons. The first kappa shape index (κ1) is 13.6. The van der Waals surface area contributed by atoms with E-state index in [9.17, 15) is 9.59 Å². The van der Waals surface area contributed by atoms with E-state index < -0.39 is 11.9 Å². The molecule has 0 N–H and O–H groups in total. The molecule has 0 saturated carbocycles. The molecule has 1 aliphatic rings. The highest BCUT2D eigenvalue weighted by molar-refractivity contribution is 6.04. The summed E-state index contributed by atoms with van der Waals surface area (Å²) < 4.78 is 4.94. The minimum atomic E-state index is -0.638. The van der Waals surface area contributed by atoms with Crippen molar-refractivity contribution in [2.75, 3.05) is 24.6 Å². The third kappa shape index (κ3) is 2.78. The van der Waals surface area contributed by atoms with E-state index in [4.69, 9.17) is 4.74 Å². The number of ketones is 1. The van der Waals surface area contributed by atoms with Crippen molar-refractivity contribution in [2.24, 2.45) is 5.92 Å². The van der Waals surface area contributed by atoms with Crippen molar-refractivity contribution in [2.45, 2.75) is 20.8 Å². The summed E-state index contributed by atoms with van der Waals surface area (Å²) in [5.74, 6) is -1.10. The van der Waals surface area contributed by atoms with E-state index in [1.165, 1.54) is 5.56 Å². The van der Waals surface area contributed by atoms with Crippen molar-refractivity contribution in [3.63, 3.8) is 0 Å². The predicted molar refractivity (Wildman–Crippen MR) is 73.3 cm³/mol. The number of rotatable bonds is 3. The van der Waals surface area contributed by atoms with E-state index >= 15 is 0 Å². The second-order valence-corrected chi connectivity index (χ2v) is 4.94. The van der Waals surface area contributed by atoms with Gasteiger partial charge in [0.15, 0.2) is 5.78 Å². The zero-order chi connectivity index (χ0) is 14.0. The molecule has 1 unspecified atom stereocenters. The van der Waals surface area contributed by atoms with Crippen LogP contribution in [0.3, 0.4) is 0 Å². The normalized spacial score (nSPS) is 18.8. The number of anilines is 1. The van der Waals surface area contributed by atoms with Gasteiger partial charge in [0.1, 0.15) is 5.92 Å². The van der Waals surface area contributed by atoms with Crippen LogP contribution in [0.4, 0.5) is 5.69 Å². The number of esters is 1. The Balaban J connectivity index is 2.16. The second kappa shape index (κ2) is 5.43. The largest absolute Gasteiger partial charge is 0.465 e. The van der Waals surface area contributed by atoms with Crippen molar-refractivity contribution in [3.8, 4) is 0 Å². The van der Waals surface area contributed by atoms with Crippen LogP contribution in [-0.2, 0) is 14.3 Å². The van der Waals surface area contributed by atoms with E-state index in [1.807, 2.05) is 30.9 Å². The molecular formula is C15H19NO3. The van der Waals surface area contributed by atoms with E-state index in [-0.39, 0.29) is 12.3 Å². The van der Waals surface area contributed by atoms with Crippen molar-refractivity contribution < 1.29 is 14.3 Å². The molecule has 0 spiro atoms. The Morgan fingerprint density at radius 2 is 2.16 bits per heavy atom. The van der Waals surface area contributed by atoms with Crippen LogP contribution in [0, 0.1) is 19.8 Å². The molecule has 2 rings (SSSR count). The third-order valence-electron chi connectivity index (χ3n) is 3.40. The molecule has 4 nitrogen and oxygen atoms in total. The van der Waals surface area contributed by atoms with Crippen LogP contribution >= 0.6 is 0 Å². The summed E-state index contributed by atoms with van der Waals surface area (Å²) in [4.78, 5) is 25.6. The van der Waals surface area contributed by atoms with E-state index in [2.05, 4.69) is 6.07 Å². The molecule has 19 heavy (non-hydrogen) atoms. The maximum Gasteiger partial charge on any atom is 0.318 e. The lowest BCUT2D eigenvalue weighted by molar-refractivity contribution is -0.149. The lowest BCUT2D eigenvalue weighted by Gasteiger charge is -2.20. The second-order valence-electron chi connectivity index (χ2n) is 4.94. The first-order chi connectivity index (χ1) is 9.02. The highest BCUT2D eigenvalue weighted by Gasteiger charge is 2.37. The summed E-state index contributed by atoms with van der Waals surface area (Å²) >= 11 is 0. The molecule has 4 heteroatoms. The van der Waals surface area contributed by atoms with Crippen molar-refractivity contribution in [1.82, 2.24) is 0 Å². The van der Waals surface area contributed by atoms with Gasteiger partial charge in [0.25, 0.3) is 0 Å². The number of carbonyl (C=O) groups is 2. The van der Waals surface area contributed by atoms with Crippen molar-refractivity contribution in [1.29, 1.82) is 0 Å². The minimum Gasteiger partial charge on any atom is -0.465 e. The van der Waals surface area contributed by atoms with Crippen LogP contribution in [0.2, 0.25) is 0 Å². The van der Waals surface area contributed by atoms with Gasteiger partial charge in [0.2, 0.25) is 0 Å². The average Bonchev–Trinajstić information content (AvgIpc) is 2.71. The van der Waals surface area contributed by atoms with Gasteiger partial charge >= 0.3 is 5.97 Å². The average molecular weight is 261 g/mol. The number of nitrogens with zero attached hydrogens (tertiary/aromatic N) is 1. The molecule has 0 aliphatic carbocycles. The molecule has 0 amide bonds. The topological polar surface area (TPSA) is 46.6 Å². The van der Waals surface area contributed by atoms with Crippen LogP contribution in [0.25, 0.3) is 0 Å². The quantitative estimate of drug-likeness (QED) is 0.615. The van der Waals surface area contributed by atoms with Crippen LogP contribution < -0.4 is 4.90 Å². The fourth-order valence-electron chi connectivity index (χ4n) is 2.48. The highest BCUT2D eigenvalue weighted by Crippen LogP contribution is 2.26. The summed E-state index contributed by atoms with van der Waals surface area (Å²) in [7, 11) is 0. The van der Waals surface area contributed by atoms with Gasteiger partial charge in [-0.1, -0.05) is 17.7 Å². The van der Waals surface area contributed by atoms with Gasteiger partial charge in [-0.25, -0.2) is 0 Å². The summed E-state index contributed by atoms with van der Waals surface area (Å²) in [5.41, 5.74) is 3.33. The molecular weight excluding hydrogens is 242 g/mol. The van der Waals surface area contributed by atoms with E-state index in [1.54, 1.807) is 6.92 Å². The van der Waals surface area contributed by atoms with Gasteiger partial charge in [-0.05, 0) is 32.4 Å². The number of benzene rings is 1. The summed E-state index contributed by atoms with van der Waals surface area (Å²) in [6, 6.07) is 6.10. The first-order valence-corrected chi connectivity index (χ1v) is 6.54.